The van der Waals surface area contributed by atoms with Crippen LogP contribution in [-0.4, -0.2) is 15.0 Å². The third kappa shape index (κ3) is 4.61. The van der Waals surface area contributed by atoms with Crippen molar-refractivity contribution in [2.24, 2.45) is 0 Å². The van der Waals surface area contributed by atoms with Gasteiger partial charge in [0.1, 0.15) is 11.8 Å². The molecule has 3 aromatic rings. The van der Waals surface area contributed by atoms with E-state index in [1.807, 2.05) is 13.0 Å². The summed E-state index contributed by atoms with van der Waals surface area (Å²) in [7, 11) is -3.70. The number of benzene rings is 3. The van der Waals surface area contributed by atoms with Crippen LogP contribution in [-0.2, 0) is 10.0 Å². The van der Waals surface area contributed by atoms with Gasteiger partial charge in [0.25, 0.3) is 10.0 Å². The van der Waals surface area contributed by atoms with Gasteiger partial charge in [-0.25, -0.2) is 8.42 Å². The van der Waals surface area contributed by atoms with E-state index in [0.717, 1.165) is 5.69 Å². The molecule has 0 heterocycles. The predicted molar refractivity (Wildman–Crippen MR) is 109 cm³/mol. The maximum atomic E-state index is 12.5. The Bertz CT molecular complexity index is 1090. The molecule has 0 aliphatic heterocycles. The van der Waals surface area contributed by atoms with E-state index in [4.69, 9.17) is 10.00 Å². The molecule has 6 nitrogen and oxygen atoms in total. The maximum Gasteiger partial charge on any atom is 0.261 e. The van der Waals surface area contributed by atoms with E-state index >= 15 is 0 Å². The second-order valence-corrected chi connectivity index (χ2v) is 7.55. The average molecular weight is 393 g/mol. The second kappa shape index (κ2) is 8.46. The van der Waals surface area contributed by atoms with E-state index in [9.17, 15) is 8.42 Å². The fraction of sp³-hybridized carbons (Fsp3) is 0.0952. The molecule has 0 aliphatic carbocycles. The molecule has 3 aromatic carbocycles. The van der Waals surface area contributed by atoms with Crippen molar-refractivity contribution in [2.45, 2.75) is 11.8 Å². The zero-order chi connectivity index (χ0) is 20.0. The van der Waals surface area contributed by atoms with Crippen molar-refractivity contribution < 1.29 is 13.2 Å². The van der Waals surface area contributed by atoms with Gasteiger partial charge in [0.2, 0.25) is 0 Å². The van der Waals surface area contributed by atoms with Gasteiger partial charge >= 0.3 is 0 Å². The summed E-state index contributed by atoms with van der Waals surface area (Å²) in [4.78, 5) is 0.154. The molecular formula is C21H19N3O3S. The second-order valence-electron chi connectivity index (χ2n) is 5.87. The van der Waals surface area contributed by atoms with Crippen LogP contribution in [0.3, 0.4) is 0 Å². The summed E-state index contributed by atoms with van der Waals surface area (Å²) in [6.45, 7) is 2.38. The summed E-state index contributed by atoms with van der Waals surface area (Å²) in [5.41, 5.74) is 2.40. The van der Waals surface area contributed by atoms with Gasteiger partial charge in [-0.2, -0.15) is 5.26 Å². The minimum atomic E-state index is -3.70. The predicted octanol–water partition coefficient (Wildman–Crippen LogP) is 4.50. The lowest BCUT2D eigenvalue weighted by molar-refractivity contribution is 0.340. The Labute approximate surface area is 164 Å². The van der Waals surface area contributed by atoms with Crippen LogP contribution >= 0.6 is 0 Å². The Morgan fingerprint density at radius 2 is 1.57 bits per heavy atom. The number of sulfonamides is 1. The highest BCUT2D eigenvalue weighted by atomic mass is 32.2. The van der Waals surface area contributed by atoms with Crippen molar-refractivity contribution >= 4 is 27.1 Å². The van der Waals surface area contributed by atoms with Gasteiger partial charge in [0.15, 0.2) is 0 Å². The van der Waals surface area contributed by atoms with E-state index in [1.165, 1.54) is 12.1 Å². The number of anilines is 3. The summed E-state index contributed by atoms with van der Waals surface area (Å²) < 4.78 is 32.9. The Morgan fingerprint density at radius 1 is 0.929 bits per heavy atom. The highest BCUT2D eigenvalue weighted by Gasteiger charge is 2.14. The molecule has 7 heteroatoms. The van der Waals surface area contributed by atoms with Crippen LogP contribution < -0.4 is 14.8 Å². The summed E-state index contributed by atoms with van der Waals surface area (Å²) in [5.74, 6) is 0.620. The zero-order valence-corrected chi connectivity index (χ0v) is 16.0. The average Bonchev–Trinajstić information content (AvgIpc) is 2.70. The molecule has 142 valence electrons. The number of nitrogens with zero attached hydrogens (tertiary/aromatic N) is 1. The molecule has 0 spiro atoms. The maximum absolute atomic E-state index is 12.5. The number of hydrogen-bond acceptors (Lipinski definition) is 5. The van der Waals surface area contributed by atoms with Gasteiger partial charge in [-0.3, -0.25) is 4.72 Å². The molecule has 28 heavy (non-hydrogen) atoms. The minimum Gasteiger partial charge on any atom is -0.494 e. The monoisotopic (exact) mass is 393 g/mol. The number of ether oxygens (including phenoxy) is 1. The van der Waals surface area contributed by atoms with Gasteiger partial charge in [-0.15, -0.1) is 0 Å². The highest BCUT2D eigenvalue weighted by Crippen LogP contribution is 2.23. The number of rotatable bonds is 7. The van der Waals surface area contributed by atoms with Gasteiger partial charge in [-0.05, 0) is 67.6 Å². The van der Waals surface area contributed by atoms with Gasteiger partial charge in [-0.1, -0.05) is 12.1 Å². The summed E-state index contributed by atoms with van der Waals surface area (Å²) in [6.07, 6.45) is 0. The number of para-hydroxylation sites is 1. The number of nitriles is 1. The molecule has 0 saturated heterocycles. The molecule has 0 radical (unpaired) electrons. The van der Waals surface area contributed by atoms with Crippen molar-refractivity contribution in [1.82, 2.24) is 0 Å². The zero-order valence-electron chi connectivity index (χ0n) is 15.2. The van der Waals surface area contributed by atoms with Crippen LogP contribution in [0.15, 0.2) is 77.7 Å². The lowest BCUT2D eigenvalue weighted by atomic mass is 10.2. The molecule has 0 unspecified atom stereocenters. The van der Waals surface area contributed by atoms with E-state index in [-0.39, 0.29) is 4.90 Å². The summed E-state index contributed by atoms with van der Waals surface area (Å²) in [5, 5.41) is 12.3. The Hall–Kier alpha value is -3.50. The number of hydrogen-bond donors (Lipinski definition) is 2. The molecule has 3 rings (SSSR count). The fourth-order valence-electron chi connectivity index (χ4n) is 2.56. The van der Waals surface area contributed by atoms with Crippen molar-refractivity contribution in [3.05, 3.63) is 78.4 Å². The molecule has 0 saturated carbocycles. The van der Waals surface area contributed by atoms with Crippen LogP contribution in [0, 0.1) is 11.3 Å². The minimum absolute atomic E-state index is 0.154. The summed E-state index contributed by atoms with van der Waals surface area (Å²) in [6, 6.07) is 22.3. The first kappa shape index (κ1) is 19.3. The van der Waals surface area contributed by atoms with Crippen LogP contribution in [0.5, 0.6) is 5.75 Å². The van der Waals surface area contributed by atoms with Crippen molar-refractivity contribution in [2.75, 3.05) is 16.6 Å². The van der Waals surface area contributed by atoms with E-state index < -0.39 is 10.0 Å². The van der Waals surface area contributed by atoms with Crippen molar-refractivity contribution in [1.29, 1.82) is 5.26 Å². The van der Waals surface area contributed by atoms with Crippen LogP contribution in [0.4, 0.5) is 17.1 Å². The normalized spacial score (nSPS) is 10.7. The van der Waals surface area contributed by atoms with Gasteiger partial charge in [0, 0.05) is 11.4 Å². The quantitative estimate of drug-likeness (QED) is 0.617. The number of nitrogens with one attached hydrogen (secondary N) is 2. The van der Waals surface area contributed by atoms with E-state index in [2.05, 4.69) is 16.1 Å². The van der Waals surface area contributed by atoms with Crippen LogP contribution in [0.2, 0.25) is 0 Å². The van der Waals surface area contributed by atoms with Crippen LogP contribution in [0.1, 0.15) is 12.5 Å². The fourth-order valence-corrected chi connectivity index (χ4v) is 3.62. The lowest BCUT2D eigenvalue weighted by Gasteiger charge is -2.11. The molecule has 0 aromatic heterocycles. The first-order chi connectivity index (χ1) is 13.5. The topological polar surface area (TPSA) is 91.2 Å². The Kier molecular flexibility index (Phi) is 5.82. The van der Waals surface area contributed by atoms with E-state index in [0.29, 0.717) is 29.3 Å². The van der Waals surface area contributed by atoms with Gasteiger partial charge < -0.3 is 10.1 Å². The molecule has 0 atom stereocenters. The SMILES string of the molecule is CCOc1ccc(S(=O)(=O)Nc2ccc(Nc3ccccc3C#N)cc2)cc1. The van der Waals surface area contributed by atoms with E-state index in [1.54, 1.807) is 54.6 Å². The molecular weight excluding hydrogens is 374 g/mol. The summed E-state index contributed by atoms with van der Waals surface area (Å²) >= 11 is 0. The van der Waals surface area contributed by atoms with Crippen molar-refractivity contribution in [3.8, 4) is 11.8 Å². The first-order valence-electron chi connectivity index (χ1n) is 8.64. The lowest BCUT2D eigenvalue weighted by Crippen LogP contribution is -2.12. The Balaban J connectivity index is 1.72. The molecule has 0 bridgehead atoms. The van der Waals surface area contributed by atoms with Crippen LogP contribution in [0.25, 0.3) is 0 Å². The van der Waals surface area contributed by atoms with Gasteiger partial charge in [0.05, 0.1) is 22.8 Å². The molecule has 2 N–H and O–H groups in total. The largest absolute Gasteiger partial charge is 0.494 e. The molecule has 0 amide bonds. The Morgan fingerprint density at radius 3 is 2.21 bits per heavy atom. The third-order valence-electron chi connectivity index (χ3n) is 3.91. The molecule has 0 fully saturated rings. The smallest absolute Gasteiger partial charge is 0.261 e. The van der Waals surface area contributed by atoms with Crippen molar-refractivity contribution in [3.63, 3.8) is 0 Å². The molecule has 0 aliphatic rings. The first-order valence-corrected chi connectivity index (χ1v) is 10.1. The highest BCUT2D eigenvalue weighted by molar-refractivity contribution is 7.92. The standard InChI is InChI=1S/C21H19N3O3S/c1-2-27-19-11-13-20(14-12-19)28(25,26)24-18-9-7-17(8-10-18)23-21-6-4-3-5-16(21)15-22/h3-14,23-24H,2H2,1H3. The third-order valence-corrected chi connectivity index (χ3v) is 5.31.